The molecule has 9 heteroatoms. The number of nitrogens with zero attached hydrogens (tertiary/aromatic N) is 2. The first-order chi connectivity index (χ1) is 12.7. The summed E-state index contributed by atoms with van der Waals surface area (Å²) in [5.41, 5.74) is 1.44. The average Bonchev–Trinajstić information content (AvgIpc) is 3.13. The summed E-state index contributed by atoms with van der Waals surface area (Å²) in [4.78, 5) is 25.1. The molecule has 8 nitrogen and oxygen atoms in total. The van der Waals surface area contributed by atoms with Crippen LogP contribution in [0.5, 0.6) is 0 Å². The number of hydrogen-bond donors (Lipinski definition) is 1. The van der Waals surface area contributed by atoms with E-state index in [4.69, 9.17) is 9.52 Å². The van der Waals surface area contributed by atoms with Gasteiger partial charge in [0.1, 0.15) is 6.26 Å². The van der Waals surface area contributed by atoms with Crippen molar-refractivity contribution in [2.24, 2.45) is 0 Å². The summed E-state index contributed by atoms with van der Waals surface area (Å²) in [5.74, 6) is -1.70. The summed E-state index contributed by atoms with van der Waals surface area (Å²) in [6.07, 6.45) is 1.01. The van der Waals surface area contributed by atoms with Crippen LogP contribution in [0.25, 0.3) is 0 Å². The molecule has 1 N–H and O–H groups in total. The second-order valence-corrected chi connectivity index (χ2v) is 8.38. The molecular formula is C18H20N2O6S. The Balaban J connectivity index is 1.71. The van der Waals surface area contributed by atoms with Crippen LogP contribution in [0.4, 0.5) is 0 Å². The number of carboxylic acids is 1. The van der Waals surface area contributed by atoms with Crippen LogP contribution in [0.2, 0.25) is 0 Å². The van der Waals surface area contributed by atoms with Crippen LogP contribution in [-0.4, -0.2) is 60.8 Å². The van der Waals surface area contributed by atoms with Gasteiger partial charge in [-0.05, 0) is 31.0 Å². The summed E-state index contributed by atoms with van der Waals surface area (Å²) in [7, 11) is -3.64. The number of benzene rings is 1. The van der Waals surface area contributed by atoms with E-state index in [1.807, 2.05) is 13.0 Å². The number of carbonyl (C=O) groups excluding carboxylic acids is 1. The fourth-order valence-corrected chi connectivity index (χ4v) is 4.70. The number of hydrogen-bond acceptors (Lipinski definition) is 5. The van der Waals surface area contributed by atoms with Gasteiger partial charge >= 0.3 is 5.97 Å². The van der Waals surface area contributed by atoms with Crippen LogP contribution in [0.1, 0.15) is 32.0 Å². The second kappa shape index (κ2) is 7.16. The van der Waals surface area contributed by atoms with E-state index in [9.17, 15) is 18.0 Å². The second-order valence-electron chi connectivity index (χ2n) is 6.47. The van der Waals surface area contributed by atoms with Crippen molar-refractivity contribution in [1.29, 1.82) is 0 Å². The highest BCUT2D eigenvalue weighted by Crippen LogP contribution is 2.23. The van der Waals surface area contributed by atoms with E-state index >= 15 is 0 Å². The van der Waals surface area contributed by atoms with Crippen molar-refractivity contribution in [3.63, 3.8) is 0 Å². The van der Waals surface area contributed by atoms with Crippen molar-refractivity contribution in [1.82, 2.24) is 9.21 Å². The molecule has 1 amide bonds. The summed E-state index contributed by atoms with van der Waals surface area (Å²) < 4.78 is 32.2. The Morgan fingerprint density at radius 3 is 2.33 bits per heavy atom. The zero-order chi connectivity index (χ0) is 19.8. The number of amides is 1. The minimum atomic E-state index is -3.64. The Morgan fingerprint density at radius 2 is 1.74 bits per heavy atom. The van der Waals surface area contributed by atoms with Crippen LogP contribution < -0.4 is 0 Å². The predicted octanol–water partition coefficient (Wildman–Crippen LogP) is 1.74. The van der Waals surface area contributed by atoms with Crippen LogP contribution in [0.3, 0.4) is 0 Å². The third kappa shape index (κ3) is 3.74. The van der Waals surface area contributed by atoms with E-state index in [0.717, 1.165) is 11.8 Å². The van der Waals surface area contributed by atoms with E-state index in [-0.39, 0.29) is 42.4 Å². The molecule has 1 saturated heterocycles. The van der Waals surface area contributed by atoms with Gasteiger partial charge in [-0.2, -0.15) is 4.31 Å². The number of rotatable bonds is 4. The fraction of sp³-hybridized carbons (Fsp3) is 0.333. The molecule has 0 bridgehead atoms. The van der Waals surface area contributed by atoms with Crippen molar-refractivity contribution in [3.05, 3.63) is 53.0 Å². The monoisotopic (exact) mass is 392 g/mol. The Labute approximate surface area is 157 Å². The van der Waals surface area contributed by atoms with Crippen molar-refractivity contribution in [3.8, 4) is 0 Å². The van der Waals surface area contributed by atoms with Crippen LogP contribution >= 0.6 is 0 Å². The number of aryl methyl sites for hydroxylation is 2. The molecule has 0 unspecified atom stereocenters. The largest absolute Gasteiger partial charge is 0.478 e. The molecule has 1 fully saturated rings. The van der Waals surface area contributed by atoms with E-state index < -0.39 is 21.9 Å². The lowest BCUT2D eigenvalue weighted by molar-refractivity contribution is 0.0664. The van der Waals surface area contributed by atoms with Crippen LogP contribution in [0, 0.1) is 13.8 Å². The Morgan fingerprint density at radius 1 is 1.07 bits per heavy atom. The van der Waals surface area contributed by atoms with Gasteiger partial charge in [0.05, 0.1) is 10.5 Å². The van der Waals surface area contributed by atoms with Crippen molar-refractivity contribution in [2.45, 2.75) is 18.7 Å². The third-order valence-electron chi connectivity index (χ3n) is 4.54. The zero-order valence-electron chi connectivity index (χ0n) is 15.0. The van der Waals surface area contributed by atoms with Gasteiger partial charge in [0.2, 0.25) is 10.0 Å². The average molecular weight is 392 g/mol. The van der Waals surface area contributed by atoms with E-state index in [1.165, 1.54) is 15.3 Å². The Bertz CT molecular complexity index is 987. The van der Waals surface area contributed by atoms with Gasteiger partial charge in [0, 0.05) is 32.2 Å². The molecular weight excluding hydrogens is 372 g/mol. The minimum Gasteiger partial charge on any atom is -0.478 e. The third-order valence-corrected chi connectivity index (χ3v) is 6.59. The molecule has 0 radical (unpaired) electrons. The lowest BCUT2D eigenvalue weighted by Gasteiger charge is -2.33. The van der Waals surface area contributed by atoms with Crippen molar-refractivity contribution >= 4 is 21.9 Å². The van der Waals surface area contributed by atoms with Crippen molar-refractivity contribution < 1.29 is 27.5 Å². The molecule has 144 valence electrons. The first-order valence-electron chi connectivity index (χ1n) is 8.38. The number of carboxylic acid groups (broad SMARTS) is 1. The van der Waals surface area contributed by atoms with Gasteiger partial charge in [0.25, 0.3) is 5.91 Å². The topological polar surface area (TPSA) is 108 Å². The van der Waals surface area contributed by atoms with Gasteiger partial charge in [-0.15, -0.1) is 0 Å². The lowest BCUT2D eigenvalue weighted by atomic mass is 10.2. The molecule has 0 saturated carbocycles. The van der Waals surface area contributed by atoms with Gasteiger partial charge in [-0.3, -0.25) is 4.79 Å². The summed E-state index contributed by atoms with van der Waals surface area (Å²) >= 11 is 0. The molecule has 1 aromatic heterocycles. The van der Waals surface area contributed by atoms with E-state index in [2.05, 4.69) is 0 Å². The molecule has 27 heavy (non-hydrogen) atoms. The Kier molecular flexibility index (Phi) is 5.07. The smallest absolute Gasteiger partial charge is 0.338 e. The fourth-order valence-electron chi connectivity index (χ4n) is 2.97. The lowest BCUT2D eigenvalue weighted by Crippen LogP contribution is -2.50. The molecule has 2 heterocycles. The van der Waals surface area contributed by atoms with Gasteiger partial charge in [-0.25, -0.2) is 13.2 Å². The van der Waals surface area contributed by atoms with Crippen LogP contribution in [0.15, 0.2) is 39.8 Å². The molecule has 3 rings (SSSR count). The van der Waals surface area contributed by atoms with E-state index in [0.29, 0.717) is 5.56 Å². The van der Waals surface area contributed by atoms with E-state index in [1.54, 1.807) is 19.1 Å². The van der Waals surface area contributed by atoms with Gasteiger partial charge in [0.15, 0.2) is 5.76 Å². The summed E-state index contributed by atoms with van der Waals surface area (Å²) in [6, 6.07) is 6.46. The molecule has 2 aromatic rings. The zero-order valence-corrected chi connectivity index (χ0v) is 15.8. The maximum Gasteiger partial charge on any atom is 0.338 e. The number of piperazine rings is 1. The first-order valence-corrected chi connectivity index (χ1v) is 9.82. The number of furan rings is 1. The maximum absolute atomic E-state index is 12.9. The molecule has 1 aliphatic heterocycles. The SMILES string of the molecule is Cc1ccc(C)c(S(=O)(=O)N2CCN(C(=O)c3cc(C(=O)O)co3)CC2)c1. The number of carbonyl (C=O) groups is 2. The predicted molar refractivity (Wildman–Crippen MR) is 96.2 cm³/mol. The number of aromatic carboxylic acids is 1. The Hall–Kier alpha value is -2.65. The molecule has 0 atom stereocenters. The molecule has 1 aliphatic rings. The molecule has 0 aliphatic carbocycles. The highest BCUT2D eigenvalue weighted by atomic mass is 32.2. The summed E-state index contributed by atoms with van der Waals surface area (Å²) in [5, 5.41) is 8.91. The molecule has 0 spiro atoms. The normalized spacial score (nSPS) is 15.7. The maximum atomic E-state index is 12.9. The highest BCUT2D eigenvalue weighted by Gasteiger charge is 2.32. The van der Waals surface area contributed by atoms with Crippen LogP contribution in [-0.2, 0) is 10.0 Å². The molecule has 1 aromatic carbocycles. The highest BCUT2D eigenvalue weighted by molar-refractivity contribution is 7.89. The van der Waals surface area contributed by atoms with Gasteiger partial charge in [-0.1, -0.05) is 12.1 Å². The first kappa shape index (κ1) is 19.1. The number of sulfonamides is 1. The quantitative estimate of drug-likeness (QED) is 0.849. The standard InChI is InChI=1S/C18H20N2O6S/c1-12-3-4-13(2)16(9-12)27(24,25)20-7-5-19(6-8-20)17(21)15-10-14(11-26-15)18(22)23/h3-4,9-11H,5-8H2,1-2H3,(H,22,23). The van der Waals surface area contributed by atoms with Crippen molar-refractivity contribution in [2.75, 3.05) is 26.2 Å². The van der Waals surface area contributed by atoms with Gasteiger partial charge < -0.3 is 14.4 Å². The minimum absolute atomic E-state index is 0.0711. The summed E-state index contributed by atoms with van der Waals surface area (Å²) in [6.45, 7) is 4.31.